The third kappa shape index (κ3) is 3.35. The van der Waals surface area contributed by atoms with Crippen molar-refractivity contribution in [3.63, 3.8) is 0 Å². The van der Waals surface area contributed by atoms with E-state index in [1.807, 2.05) is 6.92 Å². The average Bonchev–Trinajstić information content (AvgIpc) is 3.02. The van der Waals surface area contributed by atoms with Gasteiger partial charge in [-0.1, -0.05) is 13.8 Å². The van der Waals surface area contributed by atoms with Crippen LogP contribution in [0.3, 0.4) is 0 Å². The summed E-state index contributed by atoms with van der Waals surface area (Å²) in [5, 5.41) is 20.3. The molecule has 0 radical (unpaired) electrons. The van der Waals surface area contributed by atoms with Gasteiger partial charge in [-0.2, -0.15) is 13.2 Å². The van der Waals surface area contributed by atoms with Crippen LogP contribution in [0.2, 0.25) is 0 Å². The zero-order chi connectivity index (χ0) is 21.2. The van der Waals surface area contributed by atoms with E-state index in [2.05, 4.69) is 6.92 Å². The van der Waals surface area contributed by atoms with Crippen molar-refractivity contribution >= 4 is 0 Å². The minimum atomic E-state index is -4.54. The maximum Gasteiger partial charge on any atom is 0.417 e. The maximum atomic E-state index is 13.4. The molecule has 6 heteroatoms. The molecular formula is C23H36F4O2. The molecule has 0 spiro atoms. The largest absolute Gasteiger partial charge is 0.417 e. The number of hydrogen-bond acceptors (Lipinski definition) is 2. The first-order chi connectivity index (χ1) is 13.5. The molecule has 0 bridgehead atoms. The Labute approximate surface area is 171 Å². The molecule has 2 nitrogen and oxygen atoms in total. The predicted octanol–water partition coefficient (Wildman–Crippen LogP) is 5.52. The van der Waals surface area contributed by atoms with Crippen LogP contribution in [0, 0.1) is 46.8 Å². The molecule has 0 aromatic heterocycles. The lowest BCUT2D eigenvalue weighted by molar-refractivity contribution is -0.282. The van der Waals surface area contributed by atoms with Crippen LogP contribution in [0.25, 0.3) is 0 Å². The van der Waals surface area contributed by atoms with Crippen LogP contribution in [-0.4, -0.2) is 34.8 Å². The summed E-state index contributed by atoms with van der Waals surface area (Å²) in [4.78, 5) is 0. The summed E-state index contributed by atoms with van der Waals surface area (Å²) in [5.74, 6) is 2.07. The van der Waals surface area contributed by atoms with E-state index < -0.39 is 24.6 Å². The molecule has 4 aliphatic carbocycles. The van der Waals surface area contributed by atoms with Crippen LogP contribution in [-0.2, 0) is 0 Å². The number of halogens is 4. The lowest BCUT2D eigenvalue weighted by Crippen LogP contribution is -2.55. The standard InChI is InChI=1S/C23H36F4O2/c1-13(20(28)12-24)18-5-6-19-17-4-3-14-11-22(29,23(25,26)27)10-8-15(14)16(17)7-9-21(18,19)2/h13-20,28-29H,3-12H2,1-2H3/t13-,14+,15-,16+,17+,18+,19-,20-,21+,22+/m0/s1. The van der Waals surface area contributed by atoms with E-state index in [4.69, 9.17) is 0 Å². The van der Waals surface area contributed by atoms with Crippen molar-refractivity contribution < 1.29 is 27.8 Å². The molecule has 0 unspecified atom stereocenters. The lowest BCUT2D eigenvalue weighted by atomic mass is 9.48. The molecule has 2 N–H and O–H groups in total. The Hall–Kier alpha value is -0.360. The normalized spacial score (nSPS) is 49.7. The highest BCUT2D eigenvalue weighted by Gasteiger charge is 2.62. The Bertz CT molecular complexity index is 610. The van der Waals surface area contributed by atoms with Gasteiger partial charge in [-0.15, -0.1) is 0 Å². The Balaban J connectivity index is 1.50. The van der Waals surface area contributed by atoms with E-state index >= 15 is 0 Å². The third-order valence-corrected chi connectivity index (χ3v) is 10.0. The fourth-order valence-electron chi connectivity index (χ4n) is 8.45. The molecule has 0 aromatic carbocycles. The molecule has 4 saturated carbocycles. The predicted molar refractivity (Wildman–Crippen MR) is 103 cm³/mol. The summed E-state index contributed by atoms with van der Waals surface area (Å²) in [7, 11) is 0. The molecule has 4 fully saturated rings. The second kappa shape index (κ2) is 7.36. The third-order valence-electron chi connectivity index (χ3n) is 10.0. The van der Waals surface area contributed by atoms with Gasteiger partial charge in [0.25, 0.3) is 0 Å². The minimum absolute atomic E-state index is 0.0227. The molecule has 0 heterocycles. The first-order valence-electron chi connectivity index (χ1n) is 11.5. The number of rotatable bonds is 3. The van der Waals surface area contributed by atoms with Crippen LogP contribution >= 0.6 is 0 Å². The zero-order valence-electron chi connectivity index (χ0n) is 17.6. The van der Waals surface area contributed by atoms with Crippen LogP contribution in [0.15, 0.2) is 0 Å². The van der Waals surface area contributed by atoms with Crippen molar-refractivity contribution in [3.8, 4) is 0 Å². The highest BCUT2D eigenvalue weighted by molar-refractivity contribution is 5.08. The van der Waals surface area contributed by atoms with Crippen LogP contribution in [0.1, 0.15) is 71.6 Å². The number of alkyl halides is 4. The summed E-state index contributed by atoms with van der Waals surface area (Å²) in [6.45, 7) is 3.60. The molecule has 0 amide bonds. The number of aliphatic hydroxyl groups is 2. The maximum absolute atomic E-state index is 13.4. The fraction of sp³-hybridized carbons (Fsp3) is 1.00. The highest BCUT2D eigenvalue weighted by atomic mass is 19.4. The number of aliphatic hydroxyl groups excluding tert-OH is 1. The van der Waals surface area contributed by atoms with Crippen LogP contribution < -0.4 is 0 Å². The topological polar surface area (TPSA) is 40.5 Å². The van der Waals surface area contributed by atoms with Gasteiger partial charge in [0.1, 0.15) is 6.67 Å². The molecule has 0 saturated heterocycles. The molecule has 4 rings (SSSR count). The molecule has 29 heavy (non-hydrogen) atoms. The zero-order valence-corrected chi connectivity index (χ0v) is 17.6. The second-order valence-corrected chi connectivity index (χ2v) is 11.0. The van der Waals surface area contributed by atoms with Gasteiger partial charge in [-0.25, -0.2) is 4.39 Å². The van der Waals surface area contributed by atoms with E-state index in [-0.39, 0.29) is 30.1 Å². The Morgan fingerprint density at radius 3 is 2.31 bits per heavy atom. The first-order valence-corrected chi connectivity index (χ1v) is 11.5. The smallest absolute Gasteiger partial charge is 0.390 e. The van der Waals surface area contributed by atoms with Gasteiger partial charge in [-0.3, -0.25) is 0 Å². The van der Waals surface area contributed by atoms with Gasteiger partial charge in [0.2, 0.25) is 0 Å². The summed E-state index contributed by atoms with van der Waals surface area (Å²) < 4.78 is 53.2. The molecule has 0 aromatic rings. The Morgan fingerprint density at radius 2 is 1.66 bits per heavy atom. The summed E-state index contributed by atoms with van der Waals surface area (Å²) in [6, 6.07) is 0. The molecule has 168 valence electrons. The second-order valence-electron chi connectivity index (χ2n) is 11.0. The first kappa shape index (κ1) is 21.9. The van der Waals surface area contributed by atoms with Crippen LogP contribution in [0.5, 0.6) is 0 Å². The number of fused-ring (bicyclic) bond motifs is 5. The van der Waals surface area contributed by atoms with Gasteiger partial charge in [0.05, 0.1) is 6.10 Å². The summed E-state index contributed by atoms with van der Waals surface area (Å²) in [5.41, 5.74) is -2.40. The van der Waals surface area contributed by atoms with Gasteiger partial charge in [0.15, 0.2) is 5.60 Å². The average molecular weight is 421 g/mol. The quantitative estimate of drug-likeness (QED) is 0.591. The van der Waals surface area contributed by atoms with E-state index in [0.29, 0.717) is 36.0 Å². The van der Waals surface area contributed by atoms with Gasteiger partial charge in [0, 0.05) is 0 Å². The van der Waals surface area contributed by atoms with Crippen molar-refractivity contribution in [2.24, 2.45) is 46.8 Å². The molecule has 10 atom stereocenters. The highest BCUT2D eigenvalue weighted by Crippen LogP contribution is 2.66. The van der Waals surface area contributed by atoms with Gasteiger partial charge >= 0.3 is 6.18 Å². The van der Waals surface area contributed by atoms with Crippen LogP contribution in [0.4, 0.5) is 17.6 Å². The fourth-order valence-corrected chi connectivity index (χ4v) is 8.45. The Kier molecular flexibility index (Phi) is 5.54. The van der Waals surface area contributed by atoms with Gasteiger partial charge < -0.3 is 10.2 Å². The molecular weight excluding hydrogens is 384 g/mol. The van der Waals surface area contributed by atoms with Crippen molar-refractivity contribution in [1.29, 1.82) is 0 Å². The van der Waals surface area contributed by atoms with Crippen molar-refractivity contribution in [3.05, 3.63) is 0 Å². The summed E-state index contributed by atoms with van der Waals surface area (Å²) >= 11 is 0. The van der Waals surface area contributed by atoms with Crippen molar-refractivity contribution in [1.82, 2.24) is 0 Å². The Morgan fingerprint density at radius 1 is 0.966 bits per heavy atom. The monoisotopic (exact) mass is 420 g/mol. The number of hydrogen-bond donors (Lipinski definition) is 2. The SMILES string of the molecule is C[C@@H]([C@H]1CC[C@H]2[C@@H]3CC[C@@H]4C[C@@](O)(C(F)(F)F)CC[C@@H]4[C@H]3CC[C@]12C)[C@@H](O)CF. The van der Waals surface area contributed by atoms with Crippen molar-refractivity contribution in [2.45, 2.75) is 89.5 Å². The van der Waals surface area contributed by atoms with E-state index in [0.717, 1.165) is 38.5 Å². The summed E-state index contributed by atoms with van der Waals surface area (Å²) in [6.07, 6.45) is 0.647. The lowest BCUT2D eigenvalue weighted by Gasteiger charge is -2.57. The van der Waals surface area contributed by atoms with E-state index in [1.54, 1.807) is 0 Å². The molecule has 0 aliphatic heterocycles. The minimum Gasteiger partial charge on any atom is -0.390 e. The van der Waals surface area contributed by atoms with E-state index in [1.165, 1.54) is 0 Å². The van der Waals surface area contributed by atoms with Gasteiger partial charge in [-0.05, 0) is 105 Å². The van der Waals surface area contributed by atoms with E-state index in [9.17, 15) is 27.8 Å². The van der Waals surface area contributed by atoms with Crippen molar-refractivity contribution in [2.75, 3.05) is 6.67 Å². The molecule has 4 aliphatic rings.